The molecule has 2 N–H and O–H groups in total. The molecule has 0 amide bonds. The van der Waals surface area contributed by atoms with Crippen molar-refractivity contribution in [3.63, 3.8) is 0 Å². The van der Waals surface area contributed by atoms with Crippen molar-refractivity contribution in [3.8, 4) is 5.75 Å². The number of nitrogens with one attached hydrogen (secondary N) is 2. The van der Waals surface area contributed by atoms with Gasteiger partial charge in [-0.2, -0.15) is 4.98 Å². The molecule has 1 aromatic carbocycles. The highest BCUT2D eigenvalue weighted by Crippen LogP contribution is 2.20. The Morgan fingerprint density at radius 3 is 2.61 bits per heavy atom. The molecule has 3 aromatic rings. The van der Waals surface area contributed by atoms with Gasteiger partial charge in [-0.3, -0.25) is 0 Å². The van der Waals surface area contributed by atoms with Gasteiger partial charge < -0.3 is 19.9 Å². The molecular weight excluding hydrogens is 294 g/mol. The van der Waals surface area contributed by atoms with Crippen LogP contribution in [-0.2, 0) is 0 Å². The molecule has 7 nitrogen and oxygen atoms in total. The molecule has 0 spiro atoms. The van der Waals surface area contributed by atoms with Crippen LogP contribution in [0.3, 0.4) is 0 Å². The summed E-state index contributed by atoms with van der Waals surface area (Å²) in [6.45, 7) is 4.43. The lowest BCUT2D eigenvalue weighted by Crippen LogP contribution is -2.00. The first-order chi connectivity index (χ1) is 11.2. The molecule has 0 aliphatic carbocycles. The summed E-state index contributed by atoms with van der Waals surface area (Å²) in [5, 5.41) is 10.1. The van der Waals surface area contributed by atoms with E-state index in [-0.39, 0.29) is 0 Å². The molecule has 118 valence electrons. The standard InChI is InChI=1S/C16H17N5O2/c1-3-22-13-6-4-12(5-7-13)18-16-17-9-8-14(20-16)19-15-10-11(2)23-21-15/h4-10H,3H2,1-2H3,(H2,17,18,19,20,21). The summed E-state index contributed by atoms with van der Waals surface area (Å²) >= 11 is 0. The maximum atomic E-state index is 5.41. The first kappa shape index (κ1) is 14.8. The number of hydrogen-bond acceptors (Lipinski definition) is 7. The summed E-state index contributed by atoms with van der Waals surface area (Å²) in [4.78, 5) is 8.59. The number of hydrogen-bond donors (Lipinski definition) is 2. The molecule has 0 aliphatic heterocycles. The largest absolute Gasteiger partial charge is 0.494 e. The molecule has 0 radical (unpaired) electrons. The third-order valence-electron chi connectivity index (χ3n) is 2.96. The van der Waals surface area contributed by atoms with Crippen molar-refractivity contribution < 1.29 is 9.26 Å². The average Bonchev–Trinajstić information content (AvgIpc) is 2.95. The maximum Gasteiger partial charge on any atom is 0.229 e. The zero-order valence-corrected chi connectivity index (χ0v) is 12.9. The Kier molecular flexibility index (Phi) is 4.37. The summed E-state index contributed by atoms with van der Waals surface area (Å²) in [6, 6.07) is 11.2. The Balaban J connectivity index is 1.69. The van der Waals surface area contributed by atoms with E-state index in [1.807, 2.05) is 38.1 Å². The van der Waals surface area contributed by atoms with E-state index in [4.69, 9.17) is 9.26 Å². The Labute approximate surface area is 133 Å². The molecule has 0 saturated heterocycles. The fourth-order valence-electron chi connectivity index (χ4n) is 1.98. The summed E-state index contributed by atoms with van der Waals surface area (Å²) in [5.74, 6) is 3.28. The molecule has 7 heteroatoms. The van der Waals surface area contributed by atoms with Crippen LogP contribution >= 0.6 is 0 Å². The van der Waals surface area contributed by atoms with Crippen molar-refractivity contribution in [2.24, 2.45) is 0 Å². The first-order valence-electron chi connectivity index (χ1n) is 7.26. The van der Waals surface area contributed by atoms with Crippen LogP contribution < -0.4 is 15.4 Å². The minimum Gasteiger partial charge on any atom is -0.494 e. The molecule has 0 fully saturated rings. The van der Waals surface area contributed by atoms with Gasteiger partial charge in [0.25, 0.3) is 0 Å². The smallest absolute Gasteiger partial charge is 0.229 e. The van der Waals surface area contributed by atoms with E-state index >= 15 is 0 Å². The van der Waals surface area contributed by atoms with E-state index in [0.717, 1.165) is 17.2 Å². The summed E-state index contributed by atoms with van der Waals surface area (Å²) in [5.41, 5.74) is 0.878. The van der Waals surface area contributed by atoms with Crippen molar-refractivity contribution >= 4 is 23.3 Å². The third kappa shape index (κ3) is 3.97. The predicted molar refractivity (Wildman–Crippen MR) is 87.4 cm³/mol. The lowest BCUT2D eigenvalue weighted by atomic mass is 10.3. The lowest BCUT2D eigenvalue weighted by molar-refractivity contribution is 0.340. The molecule has 0 bridgehead atoms. The number of aromatic nitrogens is 3. The van der Waals surface area contributed by atoms with Crippen molar-refractivity contribution in [2.45, 2.75) is 13.8 Å². The van der Waals surface area contributed by atoms with Gasteiger partial charge in [0.1, 0.15) is 17.3 Å². The maximum absolute atomic E-state index is 5.41. The predicted octanol–water partition coefficient (Wildman–Crippen LogP) is 3.66. The van der Waals surface area contributed by atoms with Crippen LogP contribution in [-0.4, -0.2) is 21.7 Å². The van der Waals surface area contributed by atoms with E-state index in [1.165, 1.54) is 0 Å². The molecule has 2 heterocycles. The van der Waals surface area contributed by atoms with Crippen LogP contribution in [0.25, 0.3) is 0 Å². The van der Waals surface area contributed by atoms with Gasteiger partial charge in [0, 0.05) is 18.0 Å². The van der Waals surface area contributed by atoms with E-state index in [0.29, 0.717) is 24.2 Å². The topological polar surface area (TPSA) is 85.1 Å². The zero-order valence-electron chi connectivity index (χ0n) is 12.9. The van der Waals surface area contributed by atoms with Crippen LogP contribution in [0.1, 0.15) is 12.7 Å². The molecule has 0 unspecified atom stereocenters. The highest BCUT2D eigenvalue weighted by molar-refractivity contribution is 5.58. The van der Waals surface area contributed by atoms with E-state index < -0.39 is 0 Å². The number of nitrogens with zero attached hydrogens (tertiary/aromatic N) is 3. The van der Waals surface area contributed by atoms with Gasteiger partial charge in [0.05, 0.1) is 6.61 Å². The van der Waals surface area contributed by atoms with Crippen molar-refractivity contribution in [1.82, 2.24) is 15.1 Å². The Hall–Kier alpha value is -3.09. The third-order valence-corrected chi connectivity index (χ3v) is 2.96. The van der Waals surface area contributed by atoms with E-state index in [2.05, 4.69) is 25.8 Å². The first-order valence-corrected chi connectivity index (χ1v) is 7.26. The fraction of sp³-hybridized carbons (Fsp3) is 0.188. The number of anilines is 4. The molecule has 23 heavy (non-hydrogen) atoms. The number of rotatable bonds is 6. The van der Waals surface area contributed by atoms with Crippen molar-refractivity contribution in [3.05, 3.63) is 48.4 Å². The van der Waals surface area contributed by atoms with Gasteiger partial charge in [0.15, 0.2) is 5.82 Å². The van der Waals surface area contributed by atoms with Gasteiger partial charge in [-0.05, 0) is 44.2 Å². The molecule has 0 saturated carbocycles. The minimum absolute atomic E-state index is 0.486. The normalized spacial score (nSPS) is 10.3. The second-order valence-corrected chi connectivity index (χ2v) is 4.80. The quantitative estimate of drug-likeness (QED) is 0.718. The lowest BCUT2D eigenvalue weighted by Gasteiger charge is -2.08. The zero-order chi connectivity index (χ0) is 16.1. The molecule has 2 aromatic heterocycles. The van der Waals surface area contributed by atoms with Crippen LogP contribution in [0.2, 0.25) is 0 Å². The molecular formula is C16H17N5O2. The van der Waals surface area contributed by atoms with Gasteiger partial charge >= 0.3 is 0 Å². The molecule has 3 rings (SSSR count). The average molecular weight is 311 g/mol. The van der Waals surface area contributed by atoms with Crippen LogP contribution in [0.15, 0.2) is 47.1 Å². The monoisotopic (exact) mass is 311 g/mol. The molecule has 0 aliphatic rings. The fourth-order valence-corrected chi connectivity index (χ4v) is 1.98. The highest BCUT2D eigenvalue weighted by Gasteiger charge is 2.04. The Morgan fingerprint density at radius 1 is 1.09 bits per heavy atom. The van der Waals surface area contributed by atoms with Gasteiger partial charge in [-0.25, -0.2) is 4.98 Å². The van der Waals surface area contributed by atoms with Crippen molar-refractivity contribution in [1.29, 1.82) is 0 Å². The van der Waals surface area contributed by atoms with Gasteiger partial charge in [0.2, 0.25) is 5.95 Å². The summed E-state index contributed by atoms with van der Waals surface area (Å²) in [7, 11) is 0. The van der Waals surface area contributed by atoms with Crippen LogP contribution in [0.4, 0.5) is 23.3 Å². The Bertz CT molecular complexity index is 770. The van der Waals surface area contributed by atoms with Crippen LogP contribution in [0, 0.1) is 6.92 Å². The second-order valence-electron chi connectivity index (χ2n) is 4.80. The number of ether oxygens (including phenoxy) is 1. The summed E-state index contributed by atoms with van der Waals surface area (Å²) in [6.07, 6.45) is 1.67. The minimum atomic E-state index is 0.486. The SMILES string of the molecule is CCOc1ccc(Nc2nccc(Nc3cc(C)on3)n2)cc1. The van der Waals surface area contributed by atoms with Crippen LogP contribution in [0.5, 0.6) is 5.75 Å². The van der Waals surface area contributed by atoms with Gasteiger partial charge in [-0.1, -0.05) is 5.16 Å². The van der Waals surface area contributed by atoms with Crippen molar-refractivity contribution in [2.75, 3.05) is 17.2 Å². The highest BCUT2D eigenvalue weighted by atomic mass is 16.5. The van der Waals surface area contributed by atoms with E-state index in [1.54, 1.807) is 18.3 Å². The summed E-state index contributed by atoms with van der Waals surface area (Å²) < 4.78 is 10.4. The Morgan fingerprint density at radius 2 is 1.91 bits per heavy atom. The van der Waals surface area contributed by atoms with E-state index in [9.17, 15) is 0 Å². The molecule has 0 atom stereocenters. The second kappa shape index (κ2) is 6.78. The van der Waals surface area contributed by atoms with Gasteiger partial charge in [-0.15, -0.1) is 0 Å². The number of benzene rings is 1. The number of aryl methyl sites for hydroxylation is 1.